The number of para-hydroxylation sites is 1. The largest absolute Gasteiger partial charge is 0.482 e. The van der Waals surface area contributed by atoms with Gasteiger partial charge in [0.25, 0.3) is 5.91 Å². The highest BCUT2D eigenvalue weighted by Crippen LogP contribution is 2.33. The van der Waals surface area contributed by atoms with Crippen LogP contribution in [0.3, 0.4) is 0 Å². The zero-order valence-corrected chi connectivity index (χ0v) is 17.7. The Morgan fingerprint density at radius 2 is 2.06 bits per heavy atom. The molecule has 2 heterocycles. The zero-order chi connectivity index (χ0) is 21.0. The minimum atomic E-state index is -0.147. The van der Waals surface area contributed by atoms with Crippen molar-refractivity contribution in [3.63, 3.8) is 0 Å². The number of fused-ring (bicyclic) bond motifs is 1. The van der Waals surface area contributed by atoms with E-state index in [-0.39, 0.29) is 12.5 Å². The van der Waals surface area contributed by atoms with Gasteiger partial charge in [0.1, 0.15) is 5.75 Å². The molecule has 0 spiro atoms. The van der Waals surface area contributed by atoms with Crippen LogP contribution in [0.5, 0.6) is 5.75 Å². The highest BCUT2D eigenvalue weighted by molar-refractivity contribution is 7.07. The molecule has 0 fully saturated rings. The lowest BCUT2D eigenvalue weighted by Gasteiger charge is -2.18. The molecule has 0 bridgehead atoms. The minimum absolute atomic E-state index is 0.0467. The van der Waals surface area contributed by atoms with E-state index in [1.807, 2.05) is 64.8 Å². The molecule has 1 atom stereocenters. The van der Waals surface area contributed by atoms with Crippen LogP contribution >= 0.6 is 11.3 Å². The summed E-state index contributed by atoms with van der Waals surface area (Å²) in [5, 5.41) is 9.77. The van der Waals surface area contributed by atoms with E-state index in [0.717, 1.165) is 41.0 Å². The second-order valence-electron chi connectivity index (χ2n) is 7.52. The van der Waals surface area contributed by atoms with Gasteiger partial charge in [-0.1, -0.05) is 30.4 Å². The van der Waals surface area contributed by atoms with E-state index in [9.17, 15) is 4.79 Å². The minimum Gasteiger partial charge on any atom is -0.482 e. The molecule has 1 aliphatic carbocycles. The number of hydrogen-bond acceptors (Lipinski definition) is 5. The normalized spacial score (nSPS) is 18.6. The molecule has 31 heavy (non-hydrogen) atoms. The number of ether oxygens (including phenoxy) is 1. The Hall–Kier alpha value is -3.45. The molecule has 2 aliphatic rings. The zero-order valence-electron chi connectivity index (χ0n) is 16.9. The smallest absolute Gasteiger partial charge is 0.262 e. The molecule has 1 N–H and O–H groups in total. The number of nitrogens with zero attached hydrogens (tertiary/aromatic N) is 3. The van der Waals surface area contributed by atoms with Gasteiger partial charge < -0.3 is 10.1 Å². The van der Waals surface area contributed by atoms with Gasteiger partial charge in [0.15, 0.2) is 6.61 Å². The van der Waals surface area contributed by atoms with E-state index in [1.165, 1.54) is 0 Å². The number of rotatable bonds is 4. The number of anilines is 1. The van der Waals surface area contributed by atoms with Crippen LogP contribution < -0.4 is 14.9 Å². The molecule has 0 saturated carbocycles. The summed E-state index contributed by atoms with van der Waals surface area (Å²) in [7, 11) is 0. The molecule has 5 rings (SSSR count). The molecule has 0 saturated heterocycles. The van der Waals surface area contributed by atoms with Gasteiger partial charge in [0.05, 0.1) is 17.1 Å². The maximum Gasteiger partial charge on any atom is 0.262 e. The van der Waals surface area contributed by atoms with Gasteiger partial charge in [-0.15, -0.1) is 11.3 Å². The lowest BCUT2D eigenvalue weighted by molar-refractivity contribution is -0.118. The predicted molar refractivity (Wildman–Crippen MR) is 124 cm³/mol. The Balaban J connectivity index is 1.58. The van der Waals surface area contributed by atoms with Crippen molar-refractivity contribution in [1.29, 1.82) is 0 Å². The molecule has 6 nitrogen and oxygen atoms in total. The van der Waals surface area contributed by atoms with Crippen molar-refractivity contribution < 1.29 is 9.53 Å². The van der Waals surface area contributed by atoms with E-state index in [1.54, 1.807) is 11.3 Å². The van der Waals surface area contributed by atoms with Gasteiger partial charge in [-0.05, 0) is 55.5 Å². The molecule has 2 aromatic carbocycles. The topological polar surface area (TPSA) is 68.0 Å². The maximum atomic E-state index is 11.7. The quantitative estimate of drug-likeness (QED) is 0.469. The van der Waals surface area contributed by atoms with Gasteiger partial charge in [-0.2, -0.15) is 5.10 Å². The molecule has 0 radical (unpaired) electrons. The number of amides is 1. The molecule has 1 amide bonds. The monoisotopic (exact) mass is 430 g/mol. The molecule has 3 aromatic rings. The number of nitrogens with one attached hydrogen (secondary N) is 1. The van der Waals surface area contributed by atoms with Crippen molar-refractivity contribution in [1.82, 2.24) is 4.68 Å². The summed E-state index contributed by atoms with van der Waals surface area (Å²) in [5.41, 5.74) is 3.42. The molecular weight excluding hydrogens is 408 g/mol. The Morgan fingerprint density at radius 3 is 2.90 bits per heavy atom. The standard InChI is InChI=1S/C24H22N4O2S/c29-23-15-30-22-12-11-18(13-20(22)27-23)21-16-31-24(26-19-9-5-2-6-10-19)28(21)25-14-17-7-3-1-4-8-17/h1-3,5-6,9-14,16-17H,4,7-8,15H2,(H,27,29). The van der Waals surface area contributed by atoms with E-state index in [2.05, 4.69) is 17.5 Å². The van der Waals surface area contributed by atoms with E-state index >= 15 is 0 Å². The Kier molecular flexibility index (Phi) is 5.50. The van der Waals surface area contributed by atoms with E-state index < -0.39 is 0 Å². The van der Waals surface area contributed by atoms with Gasteiger partial charge >= 0.3 is 0 Å². The highest BCUT2D eigenvalue weighted by atomic mass is 32.1. The maximum absolute atomic E-state index is 11.7. The number of benzene rings is 2. The number of aromatic nitrogens is 1. The first kappa shape index (κ1) is 19.5. The van der Waals surface area contributed by atoms with Crippen LogP contribution in [-0.4, -0.2) is 23.4 Å². The second kappa shape index (κ2) is 8.73. The third-order valence-corrected chi connectivity index (χ3v) is 6.09. The van der Waals surface area contributed by atoms with Crippen LogP contribution in [0.25, 0.3) is 11.3 Å². The average Bonchev–Trinajstić information content (AvgIpc) is 3.21. The number of carbonyl (C=O) groups excluding carboxylic acids is 1. The first-order valence-corrected chi connectivity index (χ1v) is 11.2. The number of carbonyl (C=O) groups is 1. The fraction of sp³-hybridized carbons (Fsp3) is 0.208. The van der Waals surface area contributed by atoms with Crippen molar-refractivity contribution in [2.24, 2.45) is 16.0 Å². The van der Waals surface area contributed by atoms with Crippen LogP contribution in [-0.2, 0) is 4.79 Å². The Bertz CT molecular complexity index is 1220. The van der Waals surface area contributed by atoms with Crippen LogP contribution in [0, 0.1) is 5.92 Å². The van der Waals surface area contributed by atoms with Crippen LogP contribution in [0.4, 0.5) is 11.4 Å². The summed E-state index contributed by atoms with van der Waals surface area (Å²) in [5.74, 6) is 0.953. The van der Waals surface area contributed by atoms with Crippen molar-refractivity contribution in [2.75, 3.05) is 11.9 Å². The fourth-order valence-electron chi connectivity index (χ4n) is 3.66. The van der Waals surface area contributed by atoms with E-state index in [4.69, 9.17) is 14.8 Å². The van der Waals surface area contributed by atoms with Crippen molar-refractivity contribution in [3.8, 4) is 17.0 Å². The second-order valence-corrected chi connectivity index (χ2v) is 8.36. The summed E-state index contributed by atoms with van der Waals surface area (Å²) in [6.07, 6.45) is 9.69. The van der Waals surface area contributed by atoms with Crippen LogP contribution in [0.1, 0.15) is 19.3 Å². The van der Waals surface area contributed by atoms with Gasteiger partial charge in [0.2, 0.25) is 4.80 Å². The molecule has 1 unspecified atom stereocenters. The van der Waals surface area contributed by atoms with Crippen molar-refractivity contribution in [3.05, 3.63) is 70.9 Å². The number of hydrogen-bond donors (Lipinski definition) is 1. The third kappa shape index (κ3) is 4.36. The first-order chi connectivity index (χ1) is 15.3. The number of allylic oxidation sites excluding steroid dienone is 2. The summed E-state index contributed by atoms with van der Waals surface area (Å²) < 4.78 is 7.39. The Labute approximate surface area is 184 Å². The summed E-state index contributed by atoms with van der Waals surface area (Å²) in [4.78, 5) is 17.3. The number of thiazole rings is 1. The summed E-state index contributed by atoms with van der Waals surface area (Å²) in [6.45, 7) is 0.0467. The Morgan fingerprint density at radius 1 is 1.16 bits per heavy atom. The lowest BCUT2D eigenvalue weighted by Crippen LogP contribution is -2.25. The lowest BCUT2D eigenvalue weighted by atomic mass is 9.96. The SMILES string of the molecule is O=C1COc2ccc(-c3csc(=Nc4ccccc4)n3N=CC3CC=CCC3)cc2N1. The molecule has 156 valence electrons. The van der Waals surface area contributed by atoms with Gasteiger partial charge in [-0.25, -0.2) is 9.67 Å². The summed E-state index contributed by atoms with van der Waals surface area (Å²) in [6, 6.07) is 15.7. The molecule has 1 aliphatic heterocycles. The van der Waals surface area contributed by atoms with Crippen molar-refractivity contribution in [2.45, 2.75) is 19.3 Å². The van der Waals surface area contributed by atoms with E-state index in [0.29, 0.717) is 17.4 Å². The predicted octanol–water partition coefficient (Wildman–Crippen LogP) is 4.97. The fourth-order valence-corrected chi connectivity index (χ4v) is 4.51. The average molecular weight is 431 g/mol. The van der Waals surface area contributed by atoms with Crippen LogP contribution in [0.15, 0.2) is 76.2 Å². The van der Waals surface area contributed by atoms with Gasteiger partial charge in [-0.3, -0.25) is 4.79 Å². The molecule has 1 aromatic heterocycles. The van der Waals surface area contributed by atoms with Crippen molar-refractivity contribution >= 4 is 34.8 Å². The molecule has 7 heteroatoms. The summed E-state index contributed by atoms with van der Waals surface area (Å²) >= 11 is 1.54. The molecular formula is C24H22N4O2S. The first-order valence-electron chi connectivity index (χ1n) is 10.3. The third-order valence-electron chi connectivity index (χ3n) is 5.28. The highest BCUT2D eigenvalue weighted by Gasteiger charge is 2.18. The van der Waals surface area contributed by atoms with Gasteiger partial charge in [0, 0.05) is 17.2 Å². The van der Waals surface area contributed by atoms with Crippen LogP contribution in [0.2, 0.25) is 0 Å².